The van der Waals surface area contributed by atoms with Gasteiger partial charge in [-0.05, 0) is 42.9 Å². The molecular weight excluding hydrogens is 214 g/mol. The summed E-state index contributed by atoms with van der Waals surface area (Å²) in [5.74, 6) is 1.46. The van der Waals surface area contributed by atoms with E-state index in [0.717, 1.165) is 31.6 Å². The van der Waals surface area contributed by atoms with E-state index < -0.39 is 0 Å². The summed E-state index contributed by atoms with van der Waals surface area (Å²) in [5, 5.41) is 9.54. The van der Waals surface area contributed by atoms with Gasteiger partial charge in [0.2, 0.25) is 0 Å². The van der Waals surface area contributed by atoms with Crippen molar-refractivity contribution in [1.82, 2.24) is 0 Å². The molecule has 1 unspecified atom stereocenters. The van der Waals surface area contributed by atoms with Gasteiger partial charge in [-0.3, -0.25) is 0 Å². The van der Waals surface area contributed by atoms with Crippen molar-refractivity contribution in [3.63, 3.8) is 0 Å². The molecule has 1 aliphatic carbocycles. The van der Waals surface area contributed by atoms with Gasteiger partial charge in [0.05, 0.1) is 12.7 Å². The third-order valence-electron chi connectivity index (χ3n) is 4.44. The number of aliphatic hydroxyl groups excluding tert-OH is 1. The van der Waals surface area contributed by atoms with Crippen molar-refractivity contribution in [2.24, 2.45) is 17.1 Å². The highest BCUT2D eigenvalue weighted by Gasteiger charge is 2.49. The highest BCUT2D eigenvalue weighted by Crippen LogP contribution is 2.49. The minimum absolute atomic E-state index is 0.104. The second kappa shape index (κ2) is 4.00. The summed E-state index contributed by atoms with van der Waals surface area (Å²) in [5.41, 5.74) is 7.30. The Morgan fingerprint density at radius 1 is 1.35 bits per heavy atom. The third-order valence-corrected chi connectivity index (χ3v) is 4.44. The maximum atomic E-state index is 9.54. The smallest absolute Gasteiger partial charge is 0.122 e. The van der Waals surface area contributed by atoms with Crippen molar-refractivity contribution in [2.75, 3.05) is 13.2 Å². The number of nitrogens with two attached hydrogens (primary N) is 1. The normalized spacial score (nSPS) is 35.6. The van der Waals surface area contributed by atoms with Crippen LogP contribution in [0.2, 0.25) is 0 Å². The van der Waals surface area contributed by atoms with Crippen molar-refractivity contribution in [3.8, 4) is 5.75 Å². The third kappa shape index (κ3) is 1.74. The molecule has 1 atom stereocenters. The molecule has 1 heterocycles. The van der Waals surface area contributed by atoms with Crippen LogP contribution in [0.5, 0.6) is 5.75 Å². The van der Waals surface area contributed by atoms with E-state index in [4.69, 9.17) is 10.5 Å². The minimum atomic E-state index is -0.157. The molecule has 1 saturated carbocycles. The number of hydrogen-bond acceptors (Lipinski definition) is 3. The van der Waals surface area contributed by atoms with Crippen LogP contribution < -0.4 is 10.5 Å². The molecule has 3 rings (SSSR count). The van der Waals surface area contributed by atoms with Crippen LogP contribution in [0, 0.1) is 11.3 Å². The van der Waals surface area contributed by atoms with E-state index in [-0.39, 0.29) is 11.5 Å². The minimum Gasteiger partial charge on any atom is -0.493 e. The summed E-state index contributed by atoms with van der Waals surface area (Å²) < 4.78 is 5.82. The summed E-state index contributed by atoms with van der Waals surface area (Å²) in [6, 6.07) is 8.21. The molecule has 0 saturated heterocycles. The molecular formula is C14H19NO2. The molecule has 0 aromatic heterocycles. The molecule has 1 aliphatic heterocycles. The zero-order valence-electron chi connectivity index (χ0n) is 9.93. The van der Waals surface area contributed by atoms with Gasteiger partial charge in [-0.15, -0.1) is 0 Å². The van der Waals surface area contributed by atoms with E-state index in [0.29, 0.717) is 12.5 Å². The summed E-state index contributed by atoms with van der Waals surface area (Å²) >= 11 is 0. The molecule has 2 aliphatic rings. The Labute approximate surface area is 102 Å². The first kappa shape index (κ1) is 11.1. The lowest BCUT2D eigenvalue weighted by atomic mass is 9.58. The molecule has 17 heavy (non-hydrogen) atoms. The first-order chi connectivity index (χ1) is 8.23. The van der Waals surface area contributed by atoms with E-state index in [1.165, 1.54) is 5.56 Å². The zero-order valence-corrected chi connectivity index (χ0v) is 9.93. The van der Waals surface area contributed by atoms with Gasteiger partial charge >= 0.3 is 0 Å². The average Bonchev–Trinajstić information content (AvgIpc) is 2.34. The van der Waals surface area contributed by atoms with E-state index in [1.54, 1.807) is 0 Å². The van der Waals surface area contributed by atoms with Crippen LogP contribution >= 0.6 is 0 Å². The lowest BCUT2D eigenvalue weighted by Gasteiger charge is -2.51. The van der Waals surface area contributed by atoms with Crippen molar-refractivity contribution >= 4 is 0 Å². The molecule has 3 heteroatoms. The predicted octanol–water partition coefficient (Wildman–Crippen LogP) is 1.34. The van der Waals surface area contributed by atoms with Gasteiger partial charge in [0.25, 0.3) is 0 Å². The number of benzene rings is 1. The van der Waals surface area contributed by atoms with E-state index >= 15 is 0 Å². The Morgan fingerprint density at radius 3 is 2.82 bits per heavy atom. The lowest BCUT2D eigenvalue weighted by Crippen LogP contribution is -2.53. The Kier molecular flexibility index (Phi) is 2.60. The molecule has 3 nitrogen and oxygen atoms in total. The number of fused-ring (bicyclic) bond motifs is 1. The van der Waals surface area contributed by atoms with Crippen LogP contribution in [0.4, 0.5) is 0 Å². The van der Waals surface area contributed by atoms with Gasteiger partial charge < -0.3 is 15.6 Å². The molecule has 0 bridgehead atoms. The Balaban J connectivity index is 1.80. The molecule has 3 N–H and O–H groups in total. The van der Waals surface area contributed by atoms with Crippen LogP contribution in [0.15, 0.2) is 24.3 Å². The summed E-state index contributed by atoms with van der Waals surface area (Å²) in [6.45, 7) is 1.39. The van der Waals surface area contributed by atoms with Gasteiger partial charge in [-0.1, -0.05) is 18.2 Å². The van der Waals surface area contributed by atoms with Crippen LogP contribution in [-0.2, 0) is 6.42 Å². The SMILES string of the molecule is NCC1(C2COc3ccccc3C2)CC(O)C1. The number of ether oxygens (including phenoxy) is 1. The van der Waals surface area contributed by atoms with Gasteiger partial charge in [-0.2, -0.15) is 0 Å². The highest BCUT2D eigenvalue weighted by atomic mass is 16.5. The van der Waals surface area contributed by atoms with Crippen LogP contribution in [0.3, 0.4) is 0 Å². The standard InChI is InChI=1S/C14H19NO2/c15-9-14(6-12(16)7-14)11-5-10-3-1-2-4-13(10)17-8-11/h1-4,11-12,16H,5-9,15H2. The predicted molar refractivity (Wildman–Crippen MR) is 65.9 cm³/mol. The van der Waals surface area contributed by atoms with Gasteiger partial charge in [0.1, 0.15) is 5.75 Å². The highest BCUT2D eigenvalue weighted by molar-refractivity contribution is 5.35. The average molecular weight is 233 g/mol. The quantitative estimate of drug-likeness (QED) is 0.810. The van der Waals surface area contributed by atoms with Gasteiger partial charge in [0.15, 0.2) is 0 Å². The van der Waals surface area contributed by atoms with Crippen LogP contribution in [0.1, 0.15) is 18.4 Å². The summed E-state index contributed by atoms with van der Waals surface area (Å²) in [4.78, 5) is 0. The number of hydrogen-bond donors (Lipinski definition) is 2. The number of para-hydroxylation sites is 1. The largest absolute Gasteiger partial charge is 0.493 e. The van der Waals surface area contributed by atoms with E-state index in [9.17, 15) is 5.11 Å². The molecule has 0 spiro atoms. The second-order valence-electron chi connectivity index (χ2n) is 5.45. The first-order valence-corrected chi connectivity index (χ1v) is 6.32. The number of aliphatic hydroxyl groups is 1. The monoisotopic (exact) mass is 233 g/mol. The van der Waals surface area contributed by atoms with E-state index in [1.807, 2.05) is 12.1 Å². The van der Waals surface area contributed by atoms with Gasteiger partial charge in [0, 0.05) is 5.92 Å². The van der Waals surface area contributed by atoms with Crippen LogP contribution in [0.25, 0.3) is 0 Å². The molecule has 92 valence electrons. The Bertz CT molecular complexity index is 412. The Hall–Kier alpha value is -1.06. The topological polar surface area (TPSA) is 55.5 Å². The van der Waals surface area contributed by atoms with Gasteiger partial charge in [-0.25, -0.2) is 0 Å². The van der Waals surface area contributed by atoms with E-state index in [2.05, 4.69) is 12.1 Å². The van der Waals surface area contributed by atoms with Crippen molar-refractivity contribution in [3.05, 3.63) is 29.8 Å². The maximum Gasteiger partial charge on any atom is 0.122 e. The Morgan fingerprint density at radius 2 is 2.12 bits per heavy atom. The second-order valence-corrected chi connectivity index (χ2v) is 5.45. The molecule has 1 fully saturated rings. The fourth-order valence-corrected chi connectivity index (χ4v) is 3.27. The first-order valence-electron chi connectivity index (χ1n) is 6.32. The zero-order chi connectivity index (χ0) is 11.9. The molecule has 1 aromatic carbocycles. The number of rotatable bonds is 2. The van der Waals surface area contributed by atoms with Crippen molar-refractivity contribution in [2.45, 2.75) is 25.4 Å². The lowest BCUT2D eigenvalue weighted by molar-refractivity contribution is -0.0777. The van der Waals surface area contributed by atoms with Crippen molar-refractivity contribution < 1.29 is 9.84 Å². The van der Waals surface area contributed by atoms with Crippen LogP contribution in [-0.4, -0.2) is 24.4 Å². The fraction of sp³-hybridized carbons (Fsp3) is 0.571. The molecule has 0 radical (unpaired) electrons. The molecule has 0 amide bonds. The fourth-order valence-electron chi connectivity index (χ4n) is 3.27. The molecule has 1 aromatic rings. The summed E-state index contributed by atoms with van der Waals surface area (Å²) in [6.07, 6.45) is 2.54. The maximum absolute atomic E-state index is 9.54. The summed E-state index contributed by atoms with van der Waals surface area (Å²) in [7, 11) is 0. The van der Waals surface area contributed by atoms with Crippen molar-refractivity contribution in [1.29, 1.82) is 0 Å².